The molecule has 27 heavy (non-hydrogen) atoms. The topological polar surface area (TPSA) is 107 Å². The van der Waals surface area contributed by atoms with Crippen LogP contribution < -0.4 is 10.6 Å². The molecule has 8 heteroatoms. The fraction of sp³-hybridized carbons (Fsp3) is 0.316. The number of nitrogens with one attached hydrogen (secondary N) is 2. The number of carbonyl (C=O) groups is 3. The van der Waals surface area contributed by atoms with Crippen molar-refractivity contribution in [3.63, 3.8) is 0 Å². The Morgan fingerprint density at radius 1 is 1.19 bits per heavy atom. The monoisotopic (exact) mass is 372 g/mol. The Balaban J connectivity index is 1.82. The van der Waals surface area contributed by atoms with Gasteiger partial charge in [0.2, 0.25) is 5.76 Å². The molecule has 1 aliphatic rings. The number of amides is 2. The number of hydrogen-bond donors (Lipinski definition) is 2. The van der Waals surface area contributed by atoms with E-state index in [2.05, 4.69) is 10.6 Å². The summed E-state index contributed by atoms with van der Waals surface area (Å²) >= 11 is 0. The van der Waals surface area contributed by atoms with Crippen LogP contribution in [0.25, 0.3) is 11.0 Å². The van der Waals surface area contributed by atoms with Crippen molar-refractivity contribution in [1.29, 1.82) is 0 Å². The third kappa shape index (κ3) is 3.64. The summed E-state index contributed by atoms with van der Waals surface area (Å²) in [5, 5.41) is 5.90. The fourth-order valence-corrected chi connectivity index (χ4v) is 2.97. The molecule has 1 atom stereocenters. The highest BCUT2D eigenvalue weighted by Crippen LogP contribution is 2.25. The van der Waals surface area contributed by atoms with E-state index in [0.29, 0.717) is 11.1 Å². The molecule has 0 radical (unpaired) electrons. The lowest BCUT2D eigenvalue weighted by Crippen LogP contribution is -2.50. The van der Waals surface area contributed by atoms with Crippen molar-refractivity contribution >= 4 is 28.9 Å². The molecule has 142 valence electrons. The van der Waals surface area contributed by atoms with Gasteiger partial charge in [0.25, 0.3) is 0 Å². The number of esters is 2. The molecule has 0 saturated carbocycles. The predicted octanol–water partition coefficient (Wildman–Crippen LogP) is 2.42. The zero-order chi connectivity index (χ0) is 19.6. The first kappa shape index (κ1) is 18.5. The Morgan fingerprint density at radius 3 is 2.63 bits per heavy atom. The second-order valence-corrected chi connectivity index (χ2v) is 6.06. The average molecular weight is 372 g/mol. The maximum Gasteiger partial charge on any atom is 0.374 e. The van der Waals surface area contributed by atoms with Crippen LogP contribution in [0.1, 0.15) is 30.0 Å². The predicted molar refractivity (Wildman–Crippen MR) is 96.0 cm³/mol. The van der Waals surface area contributed by atoms with Gasteiger partial charge in [0.15, 0.2) is 0 Å². The van der Waals surface area contributed by atoms with Crippen molar-refractivity contribution in [2.24, 2.45) is 0 Å². The van der Waals surface area contributed by atoms with Crippen LogP contribution in [-0.2, 0) is 14.3 Å². The molecule has 0 bridgehead atoms. The summed E-state index contributed by atoms with van der Waals surface area (Å²) < 4.78 is 15.9. The van der Waals surface area contributed by atoms with Gasteiger partial charge in [0.1, 0.15) is 12.2 Å². The molecule has 1 aromatic heterocycles. The summed E-state index contributed by atoms with van der Waals surface area (Å²) in [4.78, 5) is 36.4. The molecule has 0 saturated heterocycles. The van der Waals surface area contributed by atoms with Gasteiger partial charge < -0.3 is 24.5 Å². The summed E-state index contributed by atoms with van der Waals surface area (Å²) in [6.45, 7) is 4.99. The van der Waals surface area contributed by atoms with E-state index in [1.54, 1.807) is 26.8 Å². The number of ether oxygens (including phenoxy) is 2. The Hall–Kier alpha value is -3.29. The van der Waals surface area contributed by atoms with Crippen LogP contribution in [-0.4, -0.2) is 37.2 Å². The minimum absolute atomic E-state index is 0.0859. The first-order valence-electron chi connectivity index (χ1n) is 8.55. The Bertz CT molecular complexity index is 943. The smallest absolute Gasteiger partial charge is 0.374 e. The van der Waals surface area contributed by atoms with Gasteiger partial charge in [-0.15, -0.1) is 0 Å². The summed E-state index contributed by atoms with van der Waals surface area (Å²) in [5.74, 6) is -1.17. The lowest BCUT2D eigenvalue weighted by Gasteiger charge is -2.26. The van der Waals surface area contributed by atoms with E-state index in [4.69, 9.17) is 13.9 Å². The van der Waals surface area contributed by atoms with E-state index in [1.165, 1.54) is 0 Å². The van der Waals surface area contributed by atoms with Crippen molar-refractivity contribution in [3.05, 3.63) is 46.9 Å². The molecule has 8 nitrogen and oxygen atoms in total. The van der Waals surface area contributed by atoms with Gasteiger partial charge in [-0.2, -0.15) is 0 Å². The van der Waals surface area contributed by atoms with Gasteiger partial charge in [-0.25, -0.2) is 14.4 Å². The van der Waals surface area contributed by atoms with Gasteiger partial charge in [-0.1, -0.05) is 18.2 Å². The summed E-state index contributed by atoms with van der Waals surface area (Å²) in [6, 6.07) is 6.21. The molecule has 2 aromatic rings. The van der Waals surface area contributed by atoms with E-state index in [1.807, 2.05) is 18.2 Å². The Labute approximate surface area is 155 Å². The van der Waals surface area contributed by atoms with Gasteiger partial charge in [0.05, 0.1) is 23.9 Å². The van der Waals surface area contributed by atoms with Crippen LogP contribution in [0.2, 0.25) is 0 Å². The minimum Gasteiger partial charge on any atom is -0.463 e. The maximum atomic E-state index is 12.5. The fourth-order valence-electron chi connectivity index (χ4n) is 2.97. The molecule has 1 aliphatic heterocycles. The lowest BCUT2D eigenvalue weighted by atomic mass is 10.0. The van der Waals surface area contributed by atoms with E-state index in [9.17, 15) is 14.4 Å². The number of furan rings is 1. The molecule has 0 fully saturated rings. The largest absolute Gasteiger partial charge is 0.463 e. The highest BCUT2D eigenvalue weighted by atomic mass is 16.5. The molecular formula is C19H20N2O6. The SMILES string of the molecule is CCOC(=O)C1=C(COC(=O)c2oc3ccccc3c2C)NC(=O)NC1C. The van der Waals surface area contributed by atoms with Crippen molar-refractivity contribution in [1.82, 2.24) is 10.6 Å². The van der Waals surface area contributed by atoms with E-state index in [0.717, 1.165) is 5.39 Å². The van der Waals surface area contributed by atoms with Crippen LogP contribution in [0.4, 0.5) is 4.79 Å². The molecule has 2 N–H and O–H groups in total. The number of para-hydroxylation sites is 1. The molecule has 0 aliphatic carbocycles. The molecule has 1 aromatic carbocycles. The number of fused-ring (bicyclic) bond motifs is 1. The van der Waals surface area contributed by atoms with Crippen LogP contribution >= 0.6 is 0 Å². The highest BCUT2D eigenvalue weighted by Gasteiger charge is 2.30. The average Bonchev–Trinajstić information content (AvgIpc) is 2.96. The zero-order valence-electron chi connectivity index (χ0n) is 15.3. The van der Waals surface area contributed by atoms with E-state index >= 15 is 0 Å². The van der Waals surface area contributed by atoms with Crippen molar-refractivity contribution < 1.29 is 28.3 Å². The molecular weight excluding hydrogens is 352 g/mol. The standard InChI is InChI=1S/C19H20N2O6/c1-4-25-17(22)15-11(3)20-19(24)21-13(15)9-26-18(23)16-10(2)12-7-5-6-8-14(12)27-16/h5-8,11H,4,9H2,1-3H3,(H2,20,21,24). The van der Waals surface area contributed by atoms with Gasteiger partial charge >= 0.3 is 18.0 Å². The quantitative estimate of drug-likeness (QED) is 0.781. The first-order chi connectivity index (χ1) is 12.9. The Morgan fingerprint density at radius 2 is 1.93 bits per heavy atom. The molecule has 3 rings (SSSR count). The van der Waals surface area contributed by atoms with E-state index < -0.39 is 24.0 Å². The van der Waals surface area contributed by atoms with E-state index in [-0.39, 0.29) is 30.2 Å². The summed E-state index contributed by atoms with van der Waals surface area (Å²) in [7, 11) is 0. The van der Waals surface area contributed by atoms with Crippen LogP contribution in [0, 0.1) is 6.92 Å². The number of benzene rings is 1. The molecule has 2 amide bonds. The summed E-state index contributed by atoms with van der Waals surface area (Å²) in [6.07, 6.45) is 0. The van der Waals surface area contributed by atoms with Gasteiger partial charge in [-0.05, 0) is 26.8 Å². The summed E-state index contributed by atoms with van der Waals surface area (Å²) in [5.41, 5.74) is 1.65. The zero-order valence-corrected chi connectivity index (χ0v) is 15.3. The van der Waals surface area contributed by atoms with Crippen LogP contribution in [0.3, 0.4) is 0 Å². The maximum absolute atomic E-state index is 12.5. The second-order valence-electron chi connectivity index (χ2n) is 6.06. The number of urea groups is 1. The Kier molecular flexibility index (Phi) is 5.16. The van der Waals surface area contributed by atoms with Crippen molar-refractivity contribution in [2.75, 3.05) is 13.2 Å². The normalized spacial score (nSPS) is 16.7. The van der Waals surface area contributed by atoms with Gasteiger partial charge in [-0.3, -0.25) is 0 Å². The molecule has 0 spiro atoms. The number of carbonyl (C=O) groups excluding carboxylic acids is 3. The minimum atomic E-state index is -0.681. The lowest BCUT2D eigenvalue weighted by molar-refractivity contribution is -0.139. The number of aryl methyl sites for hydroxylation is 1. The van der Waals surface area contributed by atoms with Crippen LogP contribution in [0.5, 0.6) is 0 Å². The van der Waals surface area contributed by atoms with Crippen LogP contribution in [0.15, 0.2) is 40.0 Å². The second kappa shape index (κ2) is 7.53. The number of hydrogen-bond acceptors (Lipinski definition) is 6. The third-order valence-electron chi connectivity index (χ3n) is 4.24. The first-order valence-corrected chi connectivity index (χ1v) is 8.55. The third-order valence-corrected chi connectivity index (χ3v) is 4.24. The highest BCUT2D eigenvalue weighted by molar-refractivity contribution is 5.97. The number of rotatable bonds is 5. The van der Waals surface area contributed by atoms with Crippen molar-refractivity contribution in [3.8, 4) is 0 Å². The molecule has 1 unspecified atom stereocenters. The van der Waals surface area contributed by atoms with Gasteiger partial charge in [0, 0.05) is 10.9 Å². The molecule has 2 heterocycles. The van der Waals surface area contributed by atoms with Crippen molar-refractivity contribution in [2.45, 2.75) is 26.8 Å².